The molecule has 2 N–H and O–H groups in total. The first-order chi connectivity index (χ1) is 7.67. The minimum Gasteiger partial charge on any atom is -0.344 e. The third-order valence-corrected chi connectivity index (χ3v) is 4.23. The Hall–Kier alpha value is 0.110. The quantitative estimate of drug-likeness (QED) is 0.780. The zero-order chi connectivity index (χ0) is 13.0. The second kappa shape index (κ2) is 11.6. The summed E-state index contributed by atoms with van der Waals surface area (Å²) >= 11 is 0. The second-order valence-corrected chi connectivity index (χ2v) is 5.47. The van der Waals surface area contributed by atoms with Crippen molar-refractivity contribution in [2.24, 2.45) is 0 Å². The van der Waals surface area contributed by atoms with Crippen LogP contribution in [0.4, 0.5) is 0 Å². The van der Waals surface area contributed by atoms with E-state index in [1.54, 1.807) is 6.66 Å². The zero-order valence-electron chi connectivity index (χ0n) is 11.8. The van der Waals surface area contributed by atoms with E-state index < -0.39 is 7.52 Å². The molecule has 0 saturated carbocycles. The van der Waals surface area contributed by atoms with E-state index in [2.05, 4.69) is 5.32 Å². The Bertz CT molecular complexity index is 183. The van der Waals surface area contributed by atoms with Crippen molar-refractivity contribution in [2.75, 3.05) is 39.5 Å². The van der Waals surface area contributed by atoms with Gasteiger partial charge in [0.25, 0.3) is 7.52 Å². The predicted octanol–water partition coefficient (Wildman–Crippen LogP) is 1.78. The predicted molar refractivity (Wildman–Crippen MR) is 71.1 cm³/mol. The van der Waals surface area contributed by atoms with Gasteiger partial charge in [0.15, 0.2) is 0 Å². The molecule has 1 aliphatic heterocycles. The fraction of sp³-hybridized carbons (Fsp3) is 1.00. The normalized spacial score (nSPS) is 19.6. The Kier molecular flexibility index (Phi) is 13.4. The molecule has 100 valence electrons. The summed E-state index contributed by atoms with van der Waals surface area (Å²) in [6, 6.07) is 0. The summed E-state index contributed by atoms with van der Waals surface area (Å²) in [5.41, 5.74) is 0. The molecule has 0 amide bonds. The van der Waals surface area contributed by atoms with Crippen molar-refractivity contribution < 1.29 is 14.4 Å². The maximum atomic E-state index is 11.9. The van der Waals surface area contributed by atoms with Gasteiger partial charge >= 0.3 is 0 Å². The topological polar surface area (TPSA) is 46.1 Å². The molecule has 1 aliphatic rings. The number of nitrogens with zero attached hydrogens (tertiary/aromatic N) is 1. The molecule has 1 atom stereocenters. The summed E-state index contributed by atoms with van der Waals surface area (Å²) in [5, 5.41) is 2.24. The van der Waals surface area contributed by atoms with Crippen LogP contribution in [0.1, 0.15) is 34.6 Å². The molecule has 0 aliphatic carbocycles. The molecule has 5 heteroatoms. The Labute approximate surface area is 101 Å². The van der Waals surface area contributed by atoms with Gasteiger partial charge in [-0.1, -0.05) is 27.7 Å². The molecule has 1 fully saturated rings. The van der Waals surface area contributed by atoms with Gasteiger partial charge in [-0.25, -0.2) is 4.67 Å². The molecule has 0 aromatic rings. The van der Waals surface area contributed by atoms with Crippen LogP contribution in [0.25, 0.3) is 0 Å². The molecule has 0 spiro atoms. The fourth-order valence-electron chi connectivity index (χ4n) is 1.42. The largest absolute Gasteiger partial charge is 0.344 e. The van der Waals surface area contributed by atoms with E-state index in [1.807, 2.05) is 39.3 Å². The number of nitrogens with two attached hydrogens (primary N) is 1. The van der Waals surface area contributed by atoms with Crippen LogP contribution in [0.3, 0.4) is 0 Å². The molecule has 1 saturated heterocycles. The van der Waals surface area contributed by atoms with Gasteiger partial charge in [0.1, 0.15) is 0 Å². The molecule has 0 aromatic carbocycles. The highest BCUT2D eigenvalue weighted by Gasteiger charge is 2.27. The highest BCUT2D eigenvalue weighted by molar-refractivity contribution is 7.55. The molecule has 1 unspecified atom stereocenters. The highest BCUT2D eigenvalue weighted by atomic mass is 31.2. The fourth-order valence-corrected chi connectivity index (χ4v) is 3.02. The van der Waals surface area contributed by atoms with Crippen LogP contribution >= 0.6 is 7.52 Å². The van der Waals surface area contributed by atoms with E-state index in [9.17, 15) is 4.57 Å². The van der Waals surface area contributed by atoms with E-state index in [-0.39, 0.29) is 0 Å². The summed E-state index contributed by atoms with van der Waals surface area (Å²) in [6.45, 7) is 16.0. The smallest absolute Gasteiger partial charge is 0.269 e. The minimum absolute atomic E-state index is 0.536. The average Bonchev–Trinajstić information content (AvgIpc) is 2.35. The van der Waals surface area contributed by atoms with Crippen LogP contribution < -0.4 is 5.32 Å². The molecule has 16 heavy (non-hydrogen) atoms. The Morgan fingerprint density at radius 2 is 1.62 bits per heavy atom. The van der Waals surface area contributed by atoms with Gasteiger partial charge in [-0.05, 0) is 6.92 Å². The number of hydrogen-bond donors (Lipinski definition) is 1. The van der Waals surface area contributed by atoms with E-state index >= 15 is 0 Å². The summed E-state index contributed by atoms with van der Waals surface area (Å²) < 4.78 is 19.1. The summed E-state index contributed by atoms with van der Waals surface area (Å²) in [4.78, 5) is 0. The van der Waals surface area contributed by atoms with Crippen molar-refractivity contribution in [1.29, 1.82) is 0 Å². The first-order valence-corrected chi connectivity index (χ1v) is 8.48. The Morgan fingerprint density at radius 1 is 1.19 bits per heavy atom. The standard InChI is InChI=1S/C7H17N2O2P.2C2H6/c1-3-11-12(2,10)9-6-4-8-5-7-9;2*1-2/h8H,3-7H2,1-2H3;2*1-2H3/p+1. The van der Waals surface area contributed by atoms with Crippen molar-refractivity contribution in [2.45, 2.75) is 34.6 Å². The lowest BCUT2D eigenvalue weighted by molar-refractivity contribution is -0.661. The van der Waals surface area contributed by atoms with Crippen LogP contribution in [0.5, 0.6) is 0 Å². The lowest BCUT2D eigenvalue weighted by Gasteiger charge is -2.29. The maximum Gasteiger partial charge on any atom is 0.269 e. The monoisotopic (exact) mass is 253 g/mol. The summed E-state index contributed by atoms with van der Waals surface area (Å²) in [7, 11) is -2.45. The summed E-state index contributed by atoms with van der Waals surface area (Å²) in [6.07, 6.45) is 0. The third kappa shape index (κ3) is 7.39. The number of hydrogen-bond acceptors (Lipinski definition) is 2. The second-order valence-electron chi connectivity index (χ2n) is 3.04. The molecule has 1 rings (SSSR count). The van der Waals surface area contributed by atoms with Crippen molar-refractivity contribution >= 4 is 7.52 Å². The van der Waals surface area contributed by atoms with Gasteiger partial charge in [-0.15, -0.1) is 0 Å². The van der Waals surface area contributed by atoms with Gasteiger partial charge in [-0.2, -0.15) is 0 Å². The van der Waals surface area contributed by atoms with Crippen LogP contribution in [0.2, 0.25) is 0 Å². The first kappa shape index (κ1) is 18.5. The molecule has 4 nitrogen and oxygen atoms in total. The SMILES string of the molecule is CC.CC.CCOP(C)(=O)N1CC[NH2+]CC1. The van der Waals surface area contributed by atoms with Gasteiger partial charge in [0.2, 0.25) is 0 Å². The van der Waals surface area contributed by atoms with E-state index in [1.165, 1.54) is 0 Å². The molecule has 0 radical (unpaired) electrons. The number of rotatable bonds is 3. The lowest BCUT2D eigenvalue weighted by atomic mass is 10.4. The van der Waals surface area contributed by atoms with Crippen molar-refractivity contribution in [1.82, 2.24) is 4.67 Å². The van der Waals surface area contributed by atoms with Gasteiger partial charge < -0.3 is 9.84 Å². The maximum absolute atomic E-state index is 11.9. The van der Waals surface area contributed by atoms with E-state index in [0.29, 0.717) is 6.61 Å². The lowest BCUT2D eigenvalue weighted by Crippen LogP contribution is -2.89. The van der Waals surface area contributed by atoms with Crippen LogP contribution in [-0.4, -0.2) is 44.1 Å². The third-order valence-electron chi connectivity index (χ3n) is 2.07. The Morgan fingerprint density at radius 3 is 2.00 bits per heavy atom. The van der Waals surface area contributed by atoms with Gasteiger partial charge in [-0.3, -0.25) is 4.57 Å². The van der Waals surface area contributed by atoms with Gasteiger partial charge in [0, 0.05) is 6.66 Å². The van der Waals surface area contributed by atoms with Crippen LogP contribution in [0, 0.1) is 0 Å². The van der Waals surface area contributed by atoms with Crippen LogP contribution in [-0.2, 0) is 9.09 Å². The first-order valence-electron chi connectivity index (χ1n) is 6.46. The van der Waals surface area contributed by atoms with Crippen molar-refractivity contribution in [3.63, 3.8) is 0 Å². The van der Waals surface area contributed by atoms with Crippen molar-refractivity contribution in [3.8, 4) is 0 Å². The van der Waals surface area contributed by atoms with E-state index in [0.717, 1.165) is 26.2 Å². The van der Waals surface area contributed by atoms with Crippen LogP contribution in [0.15, 0.2) is 0 Å². The molecule has 0 bridgehead atoms. The molecule has 1 heterocycles. The molecule has 0 aromatic heterocycles. The number of quaternary nitrogens is 1. The van der Waals surface area contributed by atoms with Gasteiger partial charge in [0.05, 0.1) is 32.8 Å². The van der Waals surface area contributed by atoms with E-state index in [4.69, 9.17) is 4.52 Å². The minimum atomic E-state index is -2.45. The molecular formula is C11H30N2O2P+. The molecular weight excluding hydrogens is 223 g/mol. The van der Waals surface area contributed by atoms with Crippen molar-refractivity contribution in [3.05, 3.63) is 0 Å². The number of piperazine rings is 1. The highest BCUT2D eigenvalue weighted by Crippen LogP contribution is 2.46. The average molecular weight is 253 g/mol. The Balaban J connectivity index is 0. The summed E-state index contributed by atoms with van der Waals surface area (Å²) in [5.74, 6) is 0. The zero-order valence-corrected chi connectivity index (χ0v) is 12.7.